The molecule has 13 heavy (non-hydrogen) atoms. The number of benzene rings is 1. The van der Waals surface area contributed by atoms with E-state index in [4.69, 9.17) is 14.9 Å². The number of aryl methyl sites for hydroxylation is 1. The second-order valence-corrected chi connectivity index (χ2v) is 2.65. The molecule has 0 aliphatic rings. The number of hydrogen-bond donors (Lipinski definition) is 2. The van der Waals surface area contributed by atoms with Gasteiger partial charge in [0.25, 0.3) is 0 Å². The first-order valence-electron chi connectivity index (χ1n) is 3.67. The Kier molecular flexibility index (Phi) is 2.41. The van der Waals surface area contributed by atoms with Gasteiger partial charge in [-0.05, 0) is 24.6 Å². The van der Waals surface area contributed by atoms with Crippen LogP contribution in [0.1, 0.15) is 15.9 Å². The number of hydrogen-bond acceptors (Lipinski definition) is 3. The molecule has 4 nitrogen and oxygen atoms in total. The number of carbonyl (C=O) groups is 1. The van der Waals surface area contributed by atoms with Gasteiger partial charge in [0, 0.05) is 0 Å². The van der Waals surface area contributed by atoms with Gasteiger partial charge in [0.1, 0.15) is 17.1 Å². The molecule has 0 bridgehead atoms. The van der Waals surface area contributed by atoms with E-state index in [1.54, 1.807) is 6.92 Å². The van der Waals surface area contributed by atoms with Crippen molar-refractivity contribution in [2.24, 2.45) is 0 Å². The molecule has 2 N–H and O–H groups in total. The largest absolute Gasteiger partial charge is 0.508 e. The monoisotopic (exact) mass is 182 g/mol. The highest BCUT2D eigenvalue weighted by Crippen LogP contribution is 2.27. The summed E-state index contributed by atoms with van der Waals surface area (Å²) in [7, 11) is 1.39. The third kappa shape index (κ3) is 1.72. The van der Waals surface area contributed by atoms with Gasteiger partial charge >= 0.3 is 5.97 Å². The van der Waals surface area contributed by atoms with E-state index in [9.17, 15) is 4.79 Å². The molecule has 1 aromatic rings. The molecule has 0 saturated carbocycles. The van der Waals surface area contributed by atoms with E-state index >= 15 is 0 Å². The van der Waals surface area contributed by atoms with Gasteiger partial charge < -0.3 is 14.9 Å². The topological polar surface area (TPSA) is 66.8 Å². The van der Waals surface area contributed by atoms with Crippen LogP contribution in [0, 0.1) is 6.92 Å². The van der Waals surface area contributed by atoms with Gasteiger partial charge in [-0.1, -0.05) is 0 Å². The normalized spacial score (nSPS) is 9.69. The minimum Gasteiger partial charge on any atom is -0.508 e. The molecule has 0 heterocycles. The zero-order valence-electron chi connectivity index (χ0n) is 7.37. The molecular weight excluding hydrogens is 172 g/mol. The van der Waals surface area contributed by atoms with E-state index in [2.05, 4.69) is 0 Å². The highest BCUT2D eigenvalue weighted by molar-refractivity contribution is 5.92. The van der Waals surface area contributed by atoms with Gasteiger partial charge in [-0.15, -0.1) is 0 Å². The van der Waals surface area contributed by atoms with E-state index in [0.29, 0.717) is 5.56 Å². The fourth-order valence-electron chi connectivity index (χ4n) is 1.18. The molecule has 0 radical (unpaired) electrons. The van der Waals surface area contributed by atoms with Gasteiger partial charge in [0.05, 0.1) is 7.11 Å². The van der Waals surface area contributed by atoms with Crippen molar-refractivity contribution in [3.63, 3.8) is 0 Å². The predicted molar refractivity (Wildman–Crippen MR) is 46.4 cm³/mol. The number of rotatable bonds is 2. The quantitative estimate of drug-likeness (QED) is 0.725. The fraction of sp³-hybridized carbons (Fsp3) is 0.222. The lowest BCUT2D eigenvalue weighted by atomic mass is 10.1. The lowest BCUT2D eigenvalue weighted by Gasteiger charge is -2.08. The fourth-order valence-corrected chi connectivity index (χ4v) is 1.18. The van der Waals surface area contributed by atoms with Gasteiger partial charge in [-0.2, -0.15) is 0 Å². The summed E-state index contributed by atoms with van der Waals surface area (Å²) in [6, 6.07) is 2.61. The number of carboxylic acids is 1. The van der Waals surface area contributed by atoms with Gasteiger partial charge in [0.2, 0.25) is 0 Å². The van der Waals surface area contributed by atoms with E-state index < -0.39 is 5.97 Å². The average molecular weight is 182 g/mol. The SMILES string of the molecule is COc1c(C)cc(O)cc1C(=O)O. The molecule has 0 spiro atoms. The molecule has 4 heteroatoms. The van der Waals surface area contributed by atoms with Crippen LogP contribution in [0.2, 0.25) is 0 Å². The molecule has 70 valence electrons. The van der Waals surface area contributed by atoms with Gasteiger partial charge in [-0.25, -0.2) is 4.79 Å². The first kappa shape index (κ1) is 9.38. The van der Waals surface area contributed by atoms with Crippen molar-refractivity contribution in [3.8, 4) is 11.5 Å². The van der Waals surface area contributed by atoms with E-state index in [1.165, 1.54) is 13.2 Å². The number of phenolic OH excluding ortho intramolecular Hbond substituents is 1. The minimum absolute atomic E-state index is 0.0278. The smallest absolute Gasteiger partial charge is 0.339 e. The Morgan fingerprint density at radius 1 is 1.46 bits per heavy atom. The van der Waals surface area contributed by atoms with Crippen LogP contribution in [-0.2, 0) is 0 Å². The van der Waals surface area contributed by atoms with Crippen molar-refractivity contribution < 1.29 is 19.7 Å². The summed E-state index contributed by atoms with van der Waals surface area (Å²) in [4.78, 5) is 10.7. The maximum Gasteiger partial charge on any atom is 0.339 e. The standard InChI is InChI=1S/C9H10O4/c1-5-3-6(10)4-7(9(11)12)8(5)13-2/h3-4,10H,1-2H3,(H,11,12). The molecule has 0 aromatic heterocycles. The Morgan fingerprint density at radius 3 is 2.54 bits per heavy atom. The molecule has 1 aromatic carbocycles. The Morgan fingerprint density at radius 2 is 2.08 bits per heavy atom. The van der Waals surface area contributed by atoms with Crippen LogP contribution in [0.3, 0.4) is 0 Å². The minimum atomic E-state index is -1.11. The van der Waals surface area contributed by atoms with E-state index in [1.807, 2.05) is 0 Å². The summed E-state index contributed by atoms with van der Waals surface area (Å²) in [5.74, 6) is -0.906. The lowest BCUT2D eigenvalue weighted by Crippen LogP contribution is -2.01. The van der Waals surface area contributed by atoms with Crippen molar-refractivity contribution in [2.75, 3.05) is 7.11 Å². The number of ether oxygens (including phenoxy) is 1. The van der Waals surface area contributed by atoms with Gasteiger partial charge in [-0.3, -0.25) is 0 Å². The Hall–Kier alpha value is -1.71. The first-order chi connectivity index (χ1) is 6.06. The molecule has 0 aliphatic carbocycles. The second kappa shape index (κ2) is 3.35. The van der Waals surface area contributed by atoms with Crippen LogP contribution in [0.5, 0.6) is 11.5 Å². The molecule has 1 rings (SSSR count). The molecule has 0 aliphatic heterocycles. The first-order valence-corrected chi connectivity index (χ1v) is 3.67. The molecule has 0 unspecified atom stereocenters. The van der Waals surface area contributed by atoms with Crippen molar-refractivity contribution in [1.82, 2.24) is 0 Å². The van der Waals surface area contributed by atoms with Crippen LogP contribution in [0.15, 0.2) is 12.1 Å². The number of aromatic hydroxyl groups is 1. The summed E-state index contributed by atoms with van der Waals surface area (Å²) >= 11 is 0. The van der Waals surface area contributed by atoms with Crippen LogP contribution in [-0.4, -0.2) is 23.3 Å². The summed E-state index contributed by atoms with van der Waals surface area (Å²) in [6.45, 7) is 1.67. The third-order valence-corrected chi connectivity index (χ3v) is 1.69. The predicted octanol–water partition coefficient (Wildman–Crippen LogP) is 1.41. The Bertz CT molecular complexity index is 344. The highest BCUT2D eigenvalue weighted by Gasteiger charge is 2.14. The van der Waals surface area contributed by atoms with E-state index in [0.717, 1.165) is 6.07 Å². The maximum absolute atomic E-state index is 10.7. The number of aromatic carboxylic acids is 1. The molecule has 0 amide bonds. The Labute approximate surface area is 75.4 Å². The van der Waals surface area contributed by atoms with E-state index in [-0.39, 0.29) is 17.1 Å². The van der Waals surface area contributed by atoms with Crippen molar-refractivity contribution in [2.45, 2.75) is 6.92 Å². The molecular formula is C9H10O4. The van der Waals surface area contributed by atoms with Crippen LogP contribution >= 0.6 is 0 Å². The van der Waals surface area contributed by atoms with Gasteiger partial charge in [0.15, 0.2) is 0 Å². The second-order valence-electron chi connectivity index (χ2n) is 2.65. The Balaban J connectivity index is 3.38. The summed E-state index contributed by atoms with van der Waals surface area (Å²) in [6.07, 6.45) is 0. The van der Waals surface area contributed by atoms with Crippen molar-refractivity contribution in [3.05, 3.63) is 23.3 Å². The number of methoxy groups -OCH3 is 1. The summed E-state index contributed by atoms with van der Waals surface area (Å²) in [5.41, 5.74) is 0.569. The average Bonchev–Trinajstić information content (AvgIpc) is 2.02. The lowest BCUT2D eigenvalue weighted by molar-refractivity contribution is 0.0692. The molecule has 0 saturated heterocycles. The van der Waals surface area contributed by atoms with Crippen LogP contribution in [0.25, 0.3) is 0 Å². The summed E-state index contributed by atoms with van der Waals surface area (Å²) in [5, 5.41) is 17.9. The number of carboxylic acid groups (broad SMARTS) is 1. The zero-order valence-corrected chi connectivity index (χ0v) is 7.37. The van der Waals surface area contributed by atoms with Crippen molar-refractivity contribution >= 4 is 5.97 Å². The molecule has 0 atom stereocenters. The van der Waals surface area contributed by atoms with Crippen LogP contribution in [0.4, 0.5) is 0 Å². The third-order valence-electron chi connectivity index (χ3n) is 1.69. The zero-order chi connectivity index (χ0) is 10.0. The maximum atomic E-state index is 10.7. The number of phenols is 1. The van der Waals surface area contributed by atoms with Crippen LogP contribution < -0.4 is 4.74 Å². The highest BCUT2D eigenvalue weighted by atomic mass is 16.5. The summed E-state index contributed by atoms with van der Waals surface area (Å²) < 4.78 is 4.90. The van der Waals surface area contributed by atoms with Crippen molar-refractivity contribution in [1.29, 1.82) is 0 Å². The molecule has 0 fully saturated rings.